The minimum absolute atomic E-state index is 0.0251. The van der Waals surface area contributed by atoms with E-state index in [0.717, 1.165) is 6.42 Å². The first-order chi connectivity index (χ1) is 8.42. The summed E-state index contributed by atoms with van der Waals surface area (Å²) in [6, 6.07) is 1.52. The molecule has 0 aliphatic heterocycles. The Bertz CT molecular complexity index is 498. The first-order valence-electron chi connectivity index (χ1n) is 5.50. The third kappa shape index (κ3) is 5.19. The molecule has 1 aromatic rings. The molecule has 0 aliphatic carbocycles. The minimum atomic E-state index is -4.25. The van der Waals surface area contributed by atoms with Gasteiger partial charge in [0.15, 0.2) is 12.7 Å². The molecule has 1 heterocycles. The van der Waals surface area contributed by atoms with Crippen molar-refractivity contribution in [2.45, 2.75) is 19.9 Å². The van der Waals surface area contributed by atoms with Gasteiger partial charge in [-0.25, -0.2) is 8.42 Å². The van der Waals surface area contributed by atoms with Gasteiger partial charge in [0.2, 0.25) is 0 Å². The van der Waals surface area contributed by atoms with E-state index < -0.39 is 15.9 Å². The van der Waals surface area contributed by atoms with E-state index in [1.54, 1.807) is 0 Å². The predicted octanol–water partition coefficient (Wildman–Crippen LogP) is -0.946. The van der Waals surface area contributed by atoms with E-state index in [0.29, 0.717) is 12.1 Å². The molecule has 1 rings (SSSR count). The summed E-state index contributed by atoms with van der Waals surface area (Å²) < 4.78 is 32.6. The van der Waals surface area contributed by atoms with Gasteiger partial charge in [-0.05, 0) is 11.5 Å². The van der Waals surface area contributed by atoms with Crippen LogP contribution in [0.15, 0.2) is 18.5 Å². The minimum Gasteiger partial charge on any atom is -0.748 e. The number of rotatable bonds is 6. The van der Waals surface area contributed by atoms with Crippen molar-refractivity contribution < 1.29 is 22.4 Å². The van der Waals surface area contributed by atoms with Crippen LogP contribution in [0.5, 0.6) is 0 Å². The van der Waals surface area contributed by atoms with E-state index in [2.05, 4.69) is 10.4 Å². The monoisotopic (exact) mass is 273 g/mol. The van der Waals surface area contributed by atoms with E-state index in [1.807, 2.05) is 6.92 Å². The molecular weight excluding hydrogens is 258 g/mol. The molecule has 0 bridgehead atoms. The van der Waals surface area contributed by atoms with Gasteiger partial charge in [-0.3, -0.25) is 4.79 Å². The maximum Gasteiger partial charge on any atom is 0.253 e. The molecule has 8 heteroatoms. The van der Waals surface area contributed by atoms with E-state index in [9.17, 15) is 17.8 Å². The fraction of sp³-hybridized carbons (Fsp3) is 0.500. The lowest BCUT2D eigenvalue weighted by Crippen LogP contribution is -2.41. The summed E-state index contributed by atoms with van der Waals surface area (Å²) in [5.41, 5.74) is 0.393. The maximum atomic E-state index is 11.5. The average Bonchev–Trinajstić information content (AvgIpc) is 2.33. The summed E-state index contributed by atoms with van der Waals surface area (Å²) >= 11 is 0. The van der Waals surface area contributed by atoms with Gasteiger partial charge in [0.25, 0.3) is 5.91 Å². The van der Waals surface area contributed by atoms with E-state index in [-0.39, 0.29) is 12.5 Å². The van der Waals surface area contributed by atoms with Gasteiger partial charge in [0.1, 0.15) is 16.3 Å². The van der Waals surface area contributed by atoms with Crippen LogP contribution in [-0.4, -0.2) is 36.3 Å². The van der Waals surface area contributed by atoms with Gasteiger partial charge in [-0.1, -0.05) is 11.6 Å². The molecule has 0 atom stereocenters. The van der Waals surface area contributed by atoms with Crippen molar-refractivity contribution in [2.24, 2.45) is 0 Å². The predicted molar refractivity (Wildman–Crippen MR) is 61.6 cm³/mol. The molecule has 18 heavy (non-hydrogen) atoms. The first-order valence-corrected chi connectivity index (χ1v) is 7.07. The van der Waals surface area contributed by atoms with E-state index >= 15 is 0 Å². The van der Waals surface area contributed by atoms with Crippen LogP contribution in [0.4, 0.5) is 0 Å². The number of nitrogens with one attached hydrogen (secondary N) is 1. The zero-order valence-electron chi connectivity index (χ0n) is 10.00. The lowest BCUT2D eigenvalue weighted by atomic mass is 10.3. The number of carbonyl (C=O) groups excluding carboxylic acids is 1. The Morgan fingerprint density at radius 3 is 2.78 bits per heavy atom. The van der Waals surface area contributed by atoms with Crippen molar-refractivity contribution in [1.82, 2.24) is 10.4 Å². The number of nitrogens with zero attached hydrogens (tertiary/aromatic N) is 2. The second-order valence-electron chi connectivity index (χ2n) is 3.70. The van der Waals surface area contributed by atoms with Crippen molar-refractivity contribution >= 4 is 16.0 Å². The molecule has 0 spiro atoms. The topological polar surface area (TPSA) is 103 Å². The molecular formula is C10H15N3O4S. The van der Waals surface area contributed by atoms with Crippen molar-refractivity contribution in [3.8, 4) is 0 Å². The fourth-order valence-electron chi connectivity index (χ4n) is 1.20. The third-order valence-corrected chi connectivity index (χ3v) is 2.82. The van der Waals surface area contributed by atoms with Crippen LogP contribution in [0.2, 0.25) is 0 Å². The molecule has 0 aliphatic rings. The molecule has 7 nitrogen and oxygen atoms in total. The van der Waals surface area contributed by atoms with Gasteiger partial charge < -0.3 is 9.87 Å². The average molecular weight is 273 g/mol. The van der Waals surface area contributed by atoms with Crippen molar-refractivity contribution in [3.63, 3.8) is 0 Å². The quantitative estimate of drug-likeness (QED) is 0.532. The molecule has 1 amide bonds. The summed E-state index contributed by atoms with van der Waals surface area (Å²) in [5.74, 6) is -0.751. The number of hydrogen-bond acceptors (Lipinski definition) is 5. The Labute approximate surface area is 106 Å². The number of amides is 1. The number of aromatic nitrogens is 2. The summed E-state index contributed by atoms with van der Waals surface area (Å²) in [7, 11) is -4.25. The zero-order valence-corrected chi connectivity index (χ0v) is 10.8. The third-order valence-electron chi connectivity index (χ3n) is 2.14. The number of hydrogen-bond donors (Lipinski definition) is 1. The van der Waals surface area contributed by atoms with Crippen LogP contribution < -0.4 is 10.00 Å². The van der Waals surface area contributed by atoms with Crippen molar-refractivity contribution in [2.75, 3.05) is 12.3 Å². The normalized spacial score (nSPS) is 11.2. The standard InChI is InChI=1S/C10H15N3O4S/c1-2-4-11-10(14)9-3-5-13(12-8-9)6-7-18(15,16)17/h3,5,8H,2,4,6-7H2,1H3,(H-,11,14,15,16,17). The Morgan fingerprint density at radius 2 is 2.28 bits per heavy atom. The Morgan fingerprint density at radius 1 is 1.56 bits per heavy atom. The highest BCUT2D eigenvalue weighted by Gasteiger charge is 2.09. The van der Waals surface area contributed by atoms with Crippen LogP contribution in [0.25, 0.3) is 0 Å². The van der Waals surface area contributed by atoms with Crippen LogP contribution >= 0.6 is 0 Å². The van der Waals surface area contributed by atoms with Crippen LogP contribution in [0.3, 0.4) is 0 Å². The molecule has 0 saturated carbocycles. The molecule has 0 aromatic carbocycles. The summed E-state index contributed by atoms with van der Waals surface area (Å²) in [4.78, 5) is 11.5. The largest absolute Gasteiger partial charge is 0.748 e. The Kier molecular flexibility index (Phi) is 5.17. The highest BCUT2D eigenvalue weighted by atomic mass is 32.2. The van der Waals surface area contributed by atoms with Gasteiger partial charge in [-0.2, -0.15) is 0 Å². The summed E-state index contributed by atoms with van der Waals surface area (Å²) in [6.45, 7) is 2.51. The van der Waals surface area contributed by atoms with Crippen LogP contribution in [0, 0.1) is 0 Å². The highest BCUT2D eigenvalue weighted by Crippen LogP contribution is 1.93. The lowest BCUT2D eigenvalue weighted by Gasteiger charge is -2.03. The molecule has 0 radical (unpaired) electrons. The van der Waals surface area contributed by atoms with Gasteiger partial charge >= 0.3 is 0 Å². The zero-order chi connectivity index (χ0) is 13.6. The van der Waals surface area contributed by atoms with Gasteiger partial charge in [0.05, 0.1) is 11.3 Å². The summed E-state index contributed by atoms with van der Waals surface area (Å²) in [5, 5.41) is 6.55. The SMILES string of the molecule is CCCNC(=O)c1cc[n+](CCS(=O)(=O)[O-])nc1. The van der Waals surface area contributed by atoms with Gasteiger partial charge in [0, 0.05) is 12.6 Å². The van der Waals surface area contributed by atoms with Crippen LogP contribution in [-0.2, 0) is 16.7 Å². The highest BCUT2D eigenvalue weighted by molar-refractivity contribution is 7.85. The van der Waals surface area contributed by atoms with Crippen molar-refractivity contribution in [3.05, 3.63) is 24.0 Å². The molecule has 0 saturated heterocycles. The lowest BCUT2D eigenvalue weighted by molar-refractivity contribution is -0.750. The molecule has 0 fully saturated rings. The fourth-order valence-corrected chi connectivity index (χ4v) is 1.61. The smallest absolute Gasteiger partial charge is 0.253 e. The number of aryl methyl sites for hydroxylation is 1. The second-order valence-corrected chi connectivity index (χ2v) is 5.22. The first kappa shape index (κ1) is 14.5. The number of carbonyl (C=O) groups is 1. The Balaban J connectivity index is 2.60. The maximum absolute atomic E-state index is 11.5. The molecule has 1 N–H and O–H groups in total. The van der Waals surface area contributed by atoms with E-state index in [1.165, 1.54) is 23.1 Å². The Hall–Kier alpha value is -1.54. The van der Waals surface area contributed by atoms with Gasteiger partial charge in [-0.15, -0.1) is 0 Å². The summed E-state index contributed by atoms with van der Waals surface area (Å²) in [6.07, 6.45) is 3.64. The van der Waals surface area contributed by atoms with Crippen molar-refractivity contribution in [1.29, 1.82) is 0 Å². The molecule has 100 valence electrons. The van der Waals surface area contributed by atoms with Crippen LogP contribution in [0.1, 0.15) is 23.7 Å². The molecule has 1 aromatic heterocycles. The molecule has 0 unspecified atom stereocenters. The second kappa shape index (κ2) is 6.41. The van der Waals surface area contributed by atoms with E-state index in [4.69, 9.17) is 0 Å².